The Morgan fingerprint density at radius 2 is 1.62 bits per heavy atom. The molecule has 0 saturated carbocycles. The molecule has 1 amide bonds. The molecule has 0 radical (unpaired) electrons. The van der Waals surface area contributed by atoms with Crippen molar-refractivity contribution in [1.29, 1.82) is 0 Å². The number of amides is 1. The molecule has 2 aromatic carbocycles. The molecular weight excluding hydrogens is 418 g/mol. The Hall–Kier alpha value is -2.78. The summed E-state index contributed by atoms with van der Waals surface area (Å²) in [5.41, 5.74) is 0.846. The summed E-state index contributed by atoms with van der Waals surface area (Å²) in [6.45, 7) is 1.22. The first kappa shape index (κ1) is 20.9. The summed E-state index contributed by atoms with van der Waals surface area (Å²) in [6.07, 6.45) is 0. The minimum atomic E-state index is -4.01. The molecule has 0 saturated heterocycles. The molecule has 0 aliphatic heterocycles. The maximum atomic E-state index is 13.3. The van der Waals surface area contributed by atoms with E-state index in [0.29, 0.717) is 5.56 Å². The number of benzene rings is 2. The highest BCUT2D eigenvalue weighted by Gasteiger charge is 2.28. The Morgan fingerprint density at radius 1 is 1.03 bits per heavy atom. The normalized spacial score (nSPS) is 12.4. The summed E-state index contributed by atoms with van der Waals surface area (Å²) in [5.74, 6) is -1.46. The minimum absolute atomic E-state index is 0.0706. The second-order valence-electron chi connectivity index (χ2n) is 6.26. The third-order valence-electron chi connectivity index (χ3n) is 4.19. The van der Waals surface area contributed by atoms with Crippen molar-refractivity contribution in [3.05, 3.63) is 83.2 Å². The summed E-state index contributed by atoms with van der Waals surface area (Å²) in [4.78, 5) is 12.6. The van der Waals surface area contributed by atoms with E-state index in [4.69, 9.17) is 0 Å². The van der Waals surface area contributed by atoms with Gasteiger partial charge in [0, 0.05) is 0 Å². The van der Waals surface area contributed by atoms with Crippen LogP contribution in [0.2, 0.25) is 0 Å². The first-order valence-electron chi connectivity index (χ1n) is 8.64. The van der Waals surface area contributed by atoms with Gasteiger partial charge in [0.2, 0.25) is 5.91 Å². The van der Waals surface area contributed by atoms with Crippen LogP contribution in [-0.2, 0) is 14.8 Å². The highest BCUT2D eigenvalue weighted by atomic mass is 32.2. The molecule has 0 unspecified atom stereocenters. The van der Waals surface area contributed by atoms with Gasteiger partial charge in [-0.2, -0.15) is 0 Å². The van der Waals surface area contributed by atoms with Crippen molar-refractivity contribution in [2.45, 2.75) is 17.2 Å². The Labute approximate surface area is 171 Å². The maximum Gasteiger partial charge on any atom is 0.274 e. The molecular formula is C20H18F2N2O3S2. The van der Waals surface area contributed by atoms with Crippen LogP contribution >= 0.6 is 11.3 Å². The Kier molecular flexibility index (Phi) is 6.29. The van der Waals surface area contributed by atoms with Crippen LogP contribution in [0.5, 0.6) is 0 Å². The van der Waals surface area contributed by atoms with E-state index < -0.39 is 40.2 Å². The van der Waals surface area contributed by atoms with Gasteiger partial charge in [-0.15, -0.1) is 11.3 Å². The monoisotopic (exact) mass is 436 g/mol. The highest BCUT2D eigenvalue weighted by Crippen LogP contribution is 2.26. The Morgan fingerprint density at radius 3 is 2.17 bits per heavy atom. The van der Waals surface area contributed by atoms with Gasteiger partial charge in [0.1, 0.15) is 22.4 Å². The molecule has 5 nitrogen and oxygen atoms in total. The van der Waals surface area contributed by atoms with Crippen LogP contribution in [0, 0.1) is 11.6 Å². The average Bonchev–Trinajstić information content (AvgIpc) is 3.23. The number of carbonyl (C=O) groups is 1. The van der Waals surface area contributed by atoms with Crippen molar-refractivity contribution in [2.75, 3.05) is 10.8 Å². The number of anilines is 1. The number of nitrogens with zero attached hydrogens (tertiary/aromatic N) is 1. The molecule has 0 fully saturated rings. The third kappa shape index (κ3) is 4.99. The fourth-order valence-electron chi connectivity index (χ4n) is 2.69. The predicted octanol–water partition coefficient (Wildman–Crippen LogP) is 4.10. The van der Waals surface area contributed by atoms with Crippen molar-refractivity contribution in [3.63, 3.8) is 0 Å². The lowest BCUT2D eigenvalue weighted by molar-refractivity contribution is -0.120. The van der Waals surface area contributed by atoms with Gasteiger partial charge in [-0.3, -0.25) is 9.10 Å². The molecule has 0 aliphatic carbocycles. The first-order valence-corrected chi connectivity index (χ1v) is 11.0. The van der Waals surface area contributed by atoms with Crippen molar-refractivity contribution in [2.24, 2.45) is 0 Å². The molecule has 0 bridgehead atoms. The summed E-state index contributed by atoms with van der Waals surface area (Å²) in [6, 6.07) is 13.1. The van der Waals surface area contributed by atoms with Gasteiger partial charge in [0.05, 0.1) is 11.7 Å². The van der Waals surface area contributed by atoms with Crippen molar-refractivity contribution in [1.82, 2.24) is 5.32 Å². The van der Waals surface area contributed by atoms with Gasteiger partial charge in [0.25, 0.3) is 10.0 Å². The number of hydrogen-bond acceptors (Lipinski definition) is 4. The quantitative estimate of drug-likeness (QED) is 0.607. The SMILES string of the molecule is C[C@@H](NC(=O)CN(c1ccc(F)cc1)S(=O)(=O)c1cccs1)c1ccc(F)cc1. The Balaban J connectivity index is 1.84. The molecule has 3 rings (SSSR count). The van der Waals surface area contributed by atoms with E-state index in [1.807, 2.05) is 0 Å². The molecule has 0 aliphatic rings. The smallest absolute Gasteiger partial charge is 0.274 e. The predicted molar refractivity (Wildman–Crippen MR) is 108 cm³/mol. The molecule has 1 aromatic heterocycles. The number of halogens is 2. The Bertz CT molecular complexity index is 1070. The van der Waals surface area contributed by atoms with Crippen molar-refractivity contribution in [3.8, 4) is 0 Å². The molecule has 152 valence electrons. The summed E-state index contributed by atoms with van der Waals surface area (Å²) in [7, 11) is -4.01. The van der Waals surface area contributed by atoms with Gasteiger partial charge in [-0.05, 0) is 60.3 Å². The average molecular weight is 437 g/mol. The van der Waals surface area contributed by atoms with Gasteiger partial charge in [-0.25, -0.2) is 17.2 Å². The van der Waals surface area contributed by atoms with Crippen LogP contribution in [0.1, 0.15) is 18.5 Å². The number of thiophene rings is 1. The standard InChI is InChI=1S/C20H18F2N2O3S2/c1-14(15-4-6-16(21)7-5-15)23-19(25)13-24(18-10-8-17(22)9-11-18)29(26,27)20-3-2-12-28-20/h2-12,14H,13H2,1H3,(H,23,25)/t14-/m1/s1. The first-order chi connectivity index (χ1) is 13.8. The lowest BCUT2D eigenvalue weighted by Gasteiger charge is -2.24. The topological polar surface area (TPSA) is 66.5 Å². The molecule has 3 aromatic rings. The lowest BCUT2D eigenvalue weighted by atomic mass is 10.1. The van der Waals surface area contributed by atoms with Gasteiger partial charge >= 0.3 is 0 Å². The van der Waals surface area contributed by atoms with Gasteiger partial charge < -0.3 is 5.32 Å². The number of hydrogen-bond donors (Lipinski definition) is 1. The molecule has 0 spiro atoms. The largest absolute Gasteiger partial charge is 0.348 e. The zero-order chi connectivity index (χ0) is 21.0. The number of sulfonamides is 1. The van der Waals surface area contributed by atoms with Crippen LogP contribution < -0.4 is 9.62 Å². The number of carbonyl (C=O) groups excluding carboxylic acids is 1. The zero-order valence-corrected chi connectivity index (χ0v) is 17.0. The third-order valence-corrected chi connectivity index (χ3v) is 7.34. The second kappa shape index (κ2) is 8.71. The number of nitrogens with one attached hydrogen (secondary N) is 1. The molecule has 1 N–H and O–H groups in total. The highest BCUT2D eigenvalue weighted by molar-refractivity contribution is 7.94. The van der Waals surface area contributed by atoms with Crippen molar-refractivity contribution < 1.29 is 22.0 Å². The number of rotatable bonds is 7. The second-order valence-corrected chi connectivity index (χ2v) is 9.30. The van der Waals surface area contributed by atoms with Gasteiger partial charge in [-0.1, -0.05) is 18.2 Å². The van der Waals surface area contributed by atoms with Crippen LogP contribution in [-0.4, -0.2) is 20.9 Å². The summed E-state index contributed by atoms with van der Waals surface area (Å²) in [5, 5.41) is 4.32. The van der Waals surface area contributed by atoms with Crippen LogP contribution in [0.25, 0.3) is 0 Å². The fourth-order valence-corrected chi connectivity index (χ4v) is 5.22. The van der Waals surface area contributed by atoms with E-state index in [-0.39, 0.29) is 9.90 Å². The van der Waals surface area contributed by atoms with E-state index in [2.05, 4.69) is 5.32 Å². The van der Waals surface area contributed by atoms with Crippen LogP contribution in [0.15, 0.2) is 70.3 Å². The molecule has 1 heterocycles. The molecule has 9 heteroatoms. The van der Waals surface area contributed by atoms with Crippen molar-refractivity contribution >= 4 is 33.0 Å². The van der Waals surface area contributed by atoms with E-state index in [1.54, 1.807) is 30.5 Å². The summed E-state index contributed by atoms with van der Waals surface area (Å²) < 4.78 is 53.4. The van der Waals surface area contributed by atoms with E-state index >= 15 is 0 Å². The van der Waals surface area contributed by atoms with Crippen LogP contribution in [0.4, 0.5) is 14.5 Å². The lowest BCUT2D eigenvalue weighted by Crippen LogP contribution is -2.41. The fraction of sp³-hybridized carbons (Fsp3) is 0.150. The zero-order valence-electron chi connectivity index (χ0n) is 15.4. The minimum Gasteiger partial charge on any atom is -0.348 e. The maximum absolute atomic E-state index is 13.3. The summed E-state index contributed by atoms with van der Waals surface area (Å²) >= 11 is 1.02. The van der Waals surface area contributed by atoms with Gasteiger partial charge in [0.15, 0.2) is 0 Å². The molecule has 29 heavy (non-hydrogen) atoms. The van der Waals surface area contributed by atoms with E-state index in [9.17, 15) is 22.0 Å². The van der Waals surface area contributed by atoms with E-state index in [0.717, 1.165) is 27.8 Å². The van der Waals surface area contributed by atoms with Crippen LogP contribution in [0.3, 0.4) is 0 Å². The molecule has 1 atom stereocenters. The van der Waals surface area contributed by atoms with E-state index in [1.165, 1.54) is 30.3 Å².